The lowest BCUT2D eigenvalue weighted by Gasteiger charge is -2.08. The molecule has 0 saturated carbocycles. The van der Waals surface area contributed by atoms with Crippen LogP contribution >= 0.6 is 11.8 Å². The molecule has 0 amide bonds. The number of carboxylic acid groups (broad SMARTS) is 1. The highest BCUT2D eigenvalue weighted by atomic mass is 32.2. The Bertz CT molecular complexity index is 591. The Morgan fingerprint density at radius 1 is 1.00 bits per heavy atom. The molecule has 92 valence electrons. The maximum absolute atomic E-state index is 11.0. The third-order valence-corrected chi connectivity index (χ3v) is 4.09. The average Bonchev–Trinajstić information content (AvgIpc) is 2.34. The van der Waals surface area contributed by atoms with Crippen molar-refractivity contribution in [1.29, 1.82) is 0 Å². The minimum absolute atomic E-state index is 0.330. The van der Waals surface area contributed by atoms with E-state index in [4.69, 9.17) is 5.11 Å². The summed E-state index contributed by atoms with van der Waals surface area (Å²) < 4.78 is 0. The summed E-state index contributed by atoms with van der Waals surface area (Å²) in [7, 11) is 0. The molecule has 0 atom stereocenters. The number of hydrogen-bond acceptors (Lipinski definition) is 2. The first kappa shape index (κ1) is 12.7. The van der Waals surface area contributed by atoms with E-state index in [1.54, 1.807) is 23.9 Å². The van der Waals surface area contributed by atoms with E-state index in [1.807, 2.05) is 31.2 Å². The van der Waals surface area contributed by atoms with Gasteiger partial charge in [0.1, 0.15) is 0 Å². The lowest BCUT2D eigenvalue weighted by Crippen LogP contribution is -1.96. The van der Waals surface area contributed by atoms with Crippen LogP contribution in [0.2, 0.25) is 0 Å². The lowest BCUT2D eigenvalue weighted by molar-refractivity contribution is 0.0696. The van der Waals surface area contributed by atoms with Crippen LogP contribution in [0.15, 0.2) is 52.3 Å². The molecule has 0 spiro atoms. The molecule has 0 bridgehead atoms. The fraction of sp³-hybridized carbons (Fsp3) is 0.133. The van der Waals surface area contributed by atoms with Crippen LogP contribution in [0.3, 0.4) is 0 Å². The van der Waals surface area contributed by atoms with Crippen LogP contribution in [0.1, 0.15) is 21.5 Å². The van der Waals surface area contributed by atoms with Gasteiger partial charge in [-0.2, -0.15) is 0 Å². The summed E-state index contributed by atoms with van der Waals surface area (Å²) in [6, 6.07) is 13.3. The van der Waals surface area contributed by atoms with Gasteiger partial charge in [0.05, 0.1) is 5.56 Å². The summed E-state index contributed by atoms with van der Waals surface area (Å²) in [5.74, 6) is -0.887. The topological polar surface area (TPSA) is 37.3 Å². The van der Waals surface area contributed by atoms with Crippen molar-refractivity contribution in [3.05, 3.63) is 59.2 Å². The Kier molecular flexibility index (Phi) is 3.72. The Morgan fingerprint density at radius 2 is 1.67 bits per heavy atom. The van der Waals surface area contributed by atoms with Crippen molar-refractivity contribution in [3.63, 3.8) is 0 Å². The van der Waals surface area contributed by atoms with Crippen molar-refractivity contribution in [2.45, 2.75) is 23.6 Å². The molecule has 2 nitrogen and oxygen atoms in total. The standard InChI is InChI=1S/C15H14O2S/c1-10-5-3-4-6-13(10)18-14-9-12(15(16)17)8-7-11(14)2/h3-9H,1-2H3,(H,16,17). The van der Waals surface area contributed by atoms with Gasteiger partial charge < -0.3 is 5.11 Å². The number of rotatable bonds is 3. The van der Waals surface area contributed by atoms with Crippen LogP contribution in [-0.4, -0.2) is 11.1 Å². The van der Waals surface area contributed by atoms with Gasteiger partial charge in [-0.1, -0.05) is 36.0 Å². The van der Waals surface area contributed by atoms with Gasteiger partial charge in [0.25, 0.3) is 0 Å². The summed E-state index contributed by atoms with van der Waals surface area (Å²) in [4.78, 5) is 13.1. The van der Waals surface area contributed by atoms with Crippen LogP contribution in [0.5, 0.6) is 0 Å². The van der Waals surface area contributed by atoms with Gasteiger partial charge in [-0.3, -0.25) is 0 Å². The first-order valence-corrected chi connectivity index (χ1v) is 6.47. The van der Waals surface area contributed by atoms with E-state index in [9.17, 15) is 4.79 Å². The van der Waals surface area contributed by atoms with Crippen LogP contribution in [-0.2, 0) is 0 Å². The number of carboxylic acids is 1. The van der Waals surface area contributed by atoms with Crippen LogP contribution in [0.25, 0.3) is 0 Å². The van der Waals surface area contributed by atoms with Crippen LogP contribution < -0.4 is 0 Å². The highest BCUT2D eigenvalue weighted by molar-refractivity contribution is 7.99. The van der Waals surface area contributed by atoms with E-state index < -0.39 is 5.97 Å². The molecular formula is C15H14O2S. The molecule has 0 aromatic heterocycles. The molecule has 2 aromatic rings. The van der Waals surface area contributed by atoms with Crippen LogP contribution in [0.4, 0.5) is 0 Å². The molecule has 0 aliphatic carbocycles. The second kappa shape index (κ2) is 5.27. The molecule has 2 rings (SSSR count). The largest absolute Gasteiger partial charge is 0.478 e. The van der Waals surface area contributed by atoms with Crippen molar-refractivity contribution < 1.29 is 9.90 Å². The molecule has 0 unspecified atom stereocenters. The average molecular weight is 258 g/mol. The first-order valence-electron chi connectivity index (χ1n) is 5.65. The van der Waals surface area contributed by atoms with Crippen molar-refractivity contribution in [2.75, 3.05) is 0 Å². The Hall–Kier alpha value is -1.74. The van der Waals surface area contributed by atoms with Crippen LogP contribution in [0, 0.1) is 13.8 Å². The fourth-order valence-corrected chi connectivity index (χ4v) is 2.66. The predicted molar refractivity (Wildman–Crippen MR) is 73.4 cm³/mol. The number of aromatic carboxylic acids is 1. The van der Waals surface area contributed by atoms with Gasteiger partial charge in [-0.05, 0) is 43.2 Å². The lowest BCUT2D eigenvalue weighted by atomic mass is 10.1. The molecule has 0 aliphatic rings. The minimum Gasteiger partial charge on any atom is -0.478 e. The third-order valence-electron chi connectivity index (χ3n) is 2.75. The maximum Gasteiger partial charge on any atom is 0.335 e. The second-order valence-electron chi connectivity index (χ2n) is 4.15. The van der Waals surface area contributed by atoms with Gasteiger partial charge in [0, 0.05) is 9.79 Å². The maximum atomic E-state index is 11.0. The Labute approximate surface area is 111 Å². The zero-order chi connectivity index (χ0) is 13.1. The highest BCUT2D eigenvalue weighted by Gasteiger charge is 2.08. The van der Waals surface area contributed by atoms with E-state index in [2.05, 4.69) is 13.0 Å². The van der Waals surface area contributed by atoms with E-state index >= 15 is 0 Å². The van der Waals surface area contributed by atoms with E-state index in [0.29, 0.717) is 5.56 Å². The zero-order valence-corrected chi connectivity index (χ0v) is 11.1. The molecule has 18 heavy (non-hydrogen) atoms. The monoisotopic (exact) mass is 258 g/mol. The van der Waals surface area contributed by atoms with Gasteiger partial charge in [0.2, 0.25) is 0 Å². The SMILES string of the molecule is Cc1ccccc1Sc1cc(C(=O)O)ccc1C. The highest BCUT2D eigenvalue weighted by Crippen LogP contribution is 2.32. The van der Waals surface area contributed by atoms with E-state index in [0.717, 1.165) is 15.4 Å². The smallest absolute Gasteiger partial charge is 0.335 e. The number of aryl methyl sites for hydroxylation is 2. The summed E-state index contributed by atoms with van der Waals surface area (Å²) >= 11 is 1.61. The van der Waals surface area contributed by atoms with E-state index in [1.165, 1.54) is 5.56 Å². The first-order chi connectivity index (χ1) is 8.58. The summed E-state index contributed by atoms with van der Waals surface area (Å²) in [5, 5.41) is 9.01. The molecule has 0 saturated heterocycles. The van der Waals surface area contributed by atoms with Gasteiger partial charge in [-0.15, -0.1) is 0 Å². The van der Waals surface area contributed by atoms with Crippen molar-refractivity contribution >= 4 is 17.7 Å². The van der Waals surface area contributed by atoms with Gasteiger partial charge >= 0.3 is 5.97 Å². The van der Waals surface area contributed by atoms with Gasteiger partial charge in [0.15, 0.2) is 0 Å². The molecule has 0 aliphatic heterocycles. The Balaban J connectivity index is 2.37. The number of hydrogen-bond donors (Lipinski definition) is 1. The molecule has 2 aromatic carbocycles. The molecule has 0 heterocycles. The Morgan fingerprint density at radius 3 is 2.33 bits per heavy atom. The zero-order valence-electron chi connectivity index (χ0n) is 10.3. The van der Waals surface area contributed by atoms with Crippen molar-refractivity contribution in [2.24, 2.45) is 0 Å². The van der Waals surface area contributed by atoms with Crippen molar-refractivity contribution in [3.8, 4) is 0 Å². The third kappa shape index (κ3) is 2.74. The molecule has 0 radical (unpaired) electrons. The normalized spacial score (nSPS) is 10.3. The summed E-state index contributed by atoms with van der Waals surface area (Å²) in [5.41, 5.74) is 2.62. The quantitative estimate of drug-likeness (QED) is 0.898. The minimum atomic E-state index is -0.887. The summed E-state index contributed by atoms with van der Waals surface area (Å²) in [6.45, 7) is 4.05. The molecule has 1 N–H and O–H groups in total. The number of benzene rings is 2. The second-order valence-corrected chi connectivity index (χ2v) is 5.24. The molecule has 0 fully saturated rings. The summed E-state index contributed by atoms with van der Waals surface area (Å²) in [6.07, 6.45) is 0. The van der Waals surface area contributed by atoms with Crippen molar-refractivity contribution in [1.82, 2.24) is 0 Å². The number of carbonyl (C=O) groups is 1. The van der Waals surface area contributed by atoms with Gasteiger partial charge in [-0.25, -0.2) is 4.79 Å². The molecular weight excluding hydrogens is 244 g/mol. The molecule has 3 heteroatoms. The van der Waals surface area contributed by atoms with E-state index in [-0.39, 0.29) is 0 Å². The fourth-order valence-electron chi connectivity index (χ4n) is 1.63. The predicted octanol–water partition coefficient (Wildman–Crippen LogP) is 4.15.